The molecule has 4 atom stereocenters. The zero-order chi connectivity index (χ0) is 33.5. The standard InChI is InChI=1S/C40H70O6/c1-4-6-7-8-9-10-11-12-16-19-22-25-29-37-38(46-37)30-27-32-40(43)45-36(33-41)34-44-39(42)31-26-23-20-17-14-13-15-18-21-24-28-35(3)5-2/h9-10,12,16,22,25,35-38,41H,4-8,11,13-15,17-21,23-24,26-34H2,1-3H3/b10-9-,16-12-,25-22-/t35?,36-,37?,38?/m0/s1. The van der Waals surface area contributed by atoms with Crippen molar-refractivity contribution in [3.63, 3.8) is 0 Å². The Hall–Kier alpha value is -1.92. The second kappa shape index (κ2) is 30.4. The molecule has 0 amide bonds. The SMILES string of the molecule is CCCCC/C=C\C/C=C\C/C=C\CC1OC1CCCC(=O)O[C@@H](CO)COC(=O)CCCCCCCCCCCCC(C)CC. The maximum atomic E-state index is 12.2. The van der Waals surface area contributed by atoms with E-state index >= 15 is 0 Å². The maximum Gasteiger partial charge on any atom is 0.306 e. The summed E-state index contributed by atoms with van der Waals surface area (Å²) in [5, 5.41) is 9.56. The van der Waals surface area contributed by atoms with Crippen LogP contribution in [0.25, 0.3) is 0 Å². The molecule has 46 heavy (non-hydrogen) atoms. The first-order chi connectivity index (χ1) is 22.5. The number of aliphatic hydroxyl groups is 1. The molecule has 0 saturated carbocycles. The number of allylic oxidation sites excluding steroid dienone is 5. The highest BCUT2D eigenvalue weighted by atomic mass is 16.6. The van der Waals surface area contributed by atoms with Crippen molar-refractivity contribution in [1.82, 2.24) is 0 Å². The summed E-state index contributed by atoms with van der Waals surface area (Å²) in [5.41, 5.74) is 0. The highest BCUT2D eigenvalue weighted by Crippen LogP contribution is 2.30. The van der Waals surface area contributed by atoms with Gasteiger partial charge in [0.05, 0.1) is 18.8 Å². The number of esters is 2. The third-order valence-corrected chi connectivity index (χ3v) is 8.90. The van der Waals surface area contributed by atoms with Gasteiger partial charge in [-0.3, -0.25) is 9.59 Å². The Morgan fingerprint density at radius 3 is 1.98 bits per heavy atom. The van der Waals surface area contributed by atoms with Crippen molar-refractivity contribution in [2.45, 2.75) is 187 Å². The average molecular weight is 647 g/mol. The van der Waals surface area contributed by atoms with E-state index in [9.17, 15) is 14.7 Å². The molecule has 0 aliphatic carbocycles. The van der Waals surface area contributed by atoms with Gasteiger partial charge in [0.25, 0.3) is 0 Å². The molecule has 6 heteroatoms. The number of ether oxygens (including phenoxy) is 3. The van der Waals surface area contributed by atoms with Crippen LogP contribution in [0, 0.1) is 5.92 Å². The van der Waals surface area contributed by atoms with Crippen LogP contribution in [0.1, 0.15) is 168 Å². The summed E-state index contributed by atoms with van der Waals surface area (Å²) in [5.74, 6) is 0.206. The van der Waals surface area contributed by atoms with Crippen LogP contribution in [0.5, 0.6) is 0 Å². The van der Waals surface area contributed by atoms with Gasteiger partial charge in [0.1, 0.15) is 6.61 Å². The highest BCUT2D eigenvalue weighted by Gasteiger charge is 2.36. The topological polar surface area (TPSA) is 85.4 Å². The molecule has 266 valence electrons. The Kier molecular flexibility index (Phi) is 27.8. The fraction of sp³-hybridized carbons (Fsp3) is 0.800. The minimum Gasteiger partial charge on any atom is -0.462 e. The van der Waals surface area contributed by atoms with E-state index in [4.69, 9.17) is 14.2 Å². The summed E-state index contributed by atoms with van der Waals surface area (Å²) < 4.78 is 16.3. The second-order valence-electron chi connectivity index (χ2n) is 13.3. The quantitative estimate of drug-likeness (QED) is 0.0339. The van der Waals surface area contributed by atoms with Crippen LogP contribution in [0.4, 0.5) is 0 Å². The first-order valence-electron chi connectivity index (χ1n) is 19.1. The van der Waals surface area contributed by atoms with Crippen molar-refractivity contribution < 1.29 is 28.9 Å². The van der Waals surface area contributed by atoms with Crippen LogP contribution in [0.15, 0.2) is 36.5 Å². The summed E-state index contributed by atoms with van der Waals surface area (Å²) in [6.45, 7) is 6.40. The van der Waals surface area contributed by atoms with E-state index in [2.05, 4.69) is 57.2 Å². The number of carbonyl (C=O) groups excluding carboxylic acids is 2. The number of aliphatic hydroxyl groups excluding tert-OH is 1. The van der Waals surface area contributed by atoms with E-state index in [-0.39, 0.29) is 43.8 Å². The van der Waals surface area contributed by atoms with Crippen molar-refractivity contribution >= 4 is 11.9 Å². The van der Waals surface area contributed by atoms with Gasteiger partial charge in [0.2, 0.25) is 0 Å². The number of rotatable bonds is 32. The first kappa shape index (κ1) is 42.1. The van der Waals surface area contributed by atoms with Crippen LogP contribution < -0.4 is 0 Å². The van der Waals surface area contributed by atoms with Crippen molar-refractivity contribution in [3.05, 3.63) is 36.5 Å². The van der Waals surface area contributed by atoms with Gasteiger partial charge in [-0.15, -0.1) is 0 Å². The predicted octanol–water partition coefficient (Wildman–Crippen LogP) is 10.5. The van der Waals surface area contributed by atoms with Gasteiger partial charge in [-0.1, -0.05) is 141 Å². The molecule has 1 aliphatic heterocycles. The third kappa shape index (κ3) is 26.2. The molecule has 1 saturated heterocycles. The Morgan fingerprint density at radius 2 is 1.33 bits per heavy atom. The van der Waals surface area contributed by atoms with Crippen molar-refractivity contribution in [2.24, 2.45) is 5.92 Å². The first-order valence-corrected chi connectivity index (χ1v) is 19.1. The van der Waals surface area contributed by atoms with E-state index in [1.807, 2.05) is 0 Å². The fourth-order valence-corrected chi connectivity index (χ4v) is 5.50. The van der Waals surface area contributed by atoms with Crippen molar-refractivity contribution in [1.29, 1.82) is 0 Å². The molecular weight excluding hydrogens is 576 g/mol. The molecule has 0 radical (unpaired) electrons. The zero-order valence-electron chi connectivity index (χ0n) is 29.9. The molecule has 0 bridgehead atoms. The Morgan fingerprint density at radius 1 is 0.717 bits per heavy atom. The van der Waals surface area contributed by atoms with Crippen LogP contribution in [-0.2, 0) is 23.8 Å². The second-order valence-corrected chi connectivity index (χ2v) is 13.3. The highest BCUT2D eigenvalue weighted by molar-refractivity contribution is 5.70. The lowest BCUT2D eigenvalue weighted by molar-refractivity contribution is -0.161. The number of hydrogen-bond acceptors (Lipinski definition) is 6. The van der Waals surface area contributed by atoms with E-state index in [1.54, 1.807) is 0 Å². The number of epoxide rings is 1. The van der Waals surface area contributed by atoms with E-state index in [1.165, 1.54) is 83.5 Å². The molecule has 1 N–H and O–H groups in total. The van der Waals surface area contributed by atoms with Crippen LogP contribution in [-0.4, -0.2) is 48.6 Å². The minimum absolute atomic E-state index is 0.0937. The molecule has 0 aromatic rings. The zero-order valence-corrected chi connectivity index (χ0v) is 29.9. The number of hydrogen-bond donors (Lipinski definition) is 1. The molecule has 1 aliphatic rings. The van der Waals surface area contributed by atoms with Crippen molar-refractivity contribution in [3.8, 4) is 0 Å². The lowest BCUT2D eigenvalue weighted by atomic mass is 9.99. The van der Waals surface area contributed by atoms with E-state index in [0.29, 0.717) is 12.8 Å². The Bertz CT molecular complexity index is 819. The smallest absolute Gasteiger partial charge is 0.306 e. The van der Waals surface area contributed by atoms with Crippen LogP contribution in [0.3, 0.4) is 0 Å². The van der Waals surface area contributed by atoms with Gasteiger partial charge >= 0.3 is 11.9 Å². The summed E-state index contributed by atoms with van der Waals surface area (Å²) in [6.07, 6.45) is 37.9. The van der Waals surface area contributed by atoms with Crippen molar-refractivity contribution in [2.75, 3.05) is 13.2 Å². The molecule has 3 unspecified atom stereocenters. The normalized spacial score (nSPS) is 17.7. The van der Waals surface area contributed by atoms with Gasteiger partial charge in [-0.2, -0.15) is 0 Å². The van der Waals surface area contributed by atoms with Gasteiger partial charge < -0.3 is 19.3 Å². The van der Waals surface area contributed by atoms with Crippen LogP contribution in [0.2, 0.25) is 0 Å². The molecular formula is C40H70O6. The predicted molar refractivity (Wildman–Crippen MR) is 191 cm³/mol. The molecule has 0 aromatic heterocycles. The van der Waals surface area contributed by atoms with Gasteiger partial charge in [0.15, 0.2) is 6.10 Å². The summed E-state index contributed by atoms with van der Waals surface area (Å²) >= 11 is 0. The van der Waals surface area contributed by atoms with Gasteiger partial charge in [-0.25, -0.2) is 0 Å². The summed E-state index contributed by atoms with van der Waals surface area (Å²) in [6, 6.07) is 0. The molecule has 1 fully saturated rings. The summed E-state index contributed by atoms with van der Waals surface area (Å²) in [4.78, 5) is 24.3. The molecule has 6 nitrogen and oxygen atoms in total. The third-order valence-electron chi connectivity index (χ3n) is 8.90. The summed E-state index contributed by atoms with van der Waals surface area (Å²) in [7, 11) is 0. The minimum atomic E-state index is -0.808. The maximum absolute atomic E-state index is 12.2. The molecule has 0 spiro atoms. The average Bonchev–Trinajstić information content (AvgIpc) is 3.81. The monoisotopic (exact) mass is 647 g/mol. The van der Waals surface area contributed by atoms with E-state index in [0.717, 1.165) is 50.9 Å². The number of unbranched alkanes of at least 4 members (excludes halogenated alkanes) is 12. The molecule has 0 aromatic carbocycles. The number of carbonyl (C=O) groups is 2. The van der Waals surface area contributed by atoms with Crippen LogP contribution >= 0.6 is 0 Å². The Labute approximate surface area is 282 Å². The van der Waals surface area contributed by atoms with Gasteiger partial charge in [-0.05, 0) is 57.3 Å². The van der Waals surface area contributed by atoms with E-state index < -0.39 is 6.10 Å². The lowest BCUT2D eigenvalue weighted by Gasteiger charge is -2.15. The lowest BCUT2D eigenvalue weighted by Crippen LogP contribution is -2.28. The molecule has 1 heterocycles. The largest absolute Gasteiger partial charge is 0.462 e. The Balaban J connectivity index is 1.96. The van der Waals surface area contributed by atoms with Gasteiger partial charge in [0, 0.05) is 12.8 Å². The molecule has 1 rings (SSSR count). The fourth-order valence-electron chi connectivity index (χ4n) is 5.50.